The zero-order valence-corrected chi connectivity index (χ0v) is 13.7. The molecule has 0 aliphatic carbocycles. The number of fused-ring (bicyclic) bond motifs is 2. The lowest BCUT2D eigenvalue weighted by molar-refractivity contribution is -0.138. The van der Waals surface area contributed by atoms with E-state index in [9.17, 15) is 14.4 Å². The smallest absolute Gasteiger partial charge is 0.343 e. The van der Waals surface area contributed by atoms with Crippen LogP contribution in [0.3, 0.4) is 0 Å². The number of benzene rings is 1. The van der Waals surface area contributed by atoms with Crippen molar-refractivity contribution < 1.29 is 28.5 Å². The molecule has 1 N–H and O–H groups in total. The predicted octanol–water partition coefficient (Wildman–Crippen LogP) is 0.623. The van der Waals surface area contributed by atoms with Crippen LogP contribution in [0.2, 0.25) is 0 Å². The Labute approximate surface area is 142 Å². The normalized spacial score (nSPS) is 12.1. The maximum Gasteiger partial charge on any atom is 0.343 e. The maximum atomic E-state index is 12.7. The lowest BCUT2D eigenvalue weighted by atomic mass is 10.1. The van der Waals surface area contributed by atoms with Crippen LogP contribution in [0, 0.1) is 0 Å². The zero-order chi connectivity index (χ0) is 18.0. The molecule has 1 aliphatic heterocycles. The van der Waals surface area contributed by atoms with Crippen molar-refractivity contribution in [3.05, 3.63) is 34.1 Å². The van der Waals surface area contributed by atoms with Crippen molar-refractivity contribution in [3.63, 3.8) is 0 Å². The fourth-order valence-corrected chi connectivity index (χ4v) is 2.42. The largest absolute Gasteiger partial charge is 0.468 e. The summed E-state index contributed by atoms with van der Waals surface area (Å²) in [5.74, 6) is -0.388. The minimum Gasteiger partial charge on any atom is -0.468 e. The molecule has 3 rings (SSSR count). The number of nitrogens with one attached hydrogen (secondary N) is 1. The molecule has 0 radical (unpaired) electrons. The number of pyridine rings is 1. The van der Waals surface area contributed by atoms with Crippen LogP contribution in [0.5, 0.6) is 11.5 Å². The molecule has 25 heavy (non-hydrogen) atoms. The molecule has 0 spiro atoms. The first-order valence-electron chi connectivity index (χ1n) is 7.52. The summed E-state index contributed by atoms with van der Waals surface area (Å²) in [5.41, 5.74) is 2.56. The summed E-state index contributed by atoms with van der Waals surface area (Å²) in [7, 11) is 1.26. The molecule has 1 aromatic heterocycles. The summed E-state index contributed by atoms with van der Waals surface area (Å²) in [6.45, 7) is 1.66. The number of methoxy groups -OCH3 is 1. The van der Waals surface area contributed by atoms with Crippen LogP contribution >= 0.6 is 0 Å². The van der Waals surface area contributed by atoms with E-state index in [0.717, 1.165) is 0 Å². The van der Waals surface area contributed by atoms with Gasteiger partial charge in [0.25, 0.3) is 0 Å². The fourth-order valence-electron chi connectivity index (χ4n) is 2.42. The molecule has 1 aliphatic rings. The van der Waals surface area contributed by atoms with Gasteiger partial charge < -0.3 is 24.4 Å². The molecule has 0 saturated heterocycles. The van der Waals surface area contributed by atoms with Crippen molar-refractivity contribution in [2.24, 2.45) is 0 Å². The van der Waals surface area contributed by atoms with Crippen LogP contribution in [0.25, 0.3) is 10.9 Å². The second-order valence-corrected chi connectivity index (χ2v) is 5.10. The average Bonchev–Trinajstić information content (AvgIpc) is 3.07. The number of nitrogens with zero attached hydrogens (tertiary/aromatic N) is 1. The SMILES string of the molecule is CCOC(=O)c1cn(NCC(=O)OC)c2cc3c(cc2c1=O)OCO3. The minimum atomic E-state index is -0.749. The molecular formula is C16H16N2O7. The number of ether oxygens (including phenoxy) is 4. The average molecular weight is 348 g/mol. The number of hydrogen-bond acceptors (Lipinski definition) is 8. The van der Waals surface area contributed by atoms with Crippen LogP contribution in [0.15, 0.2) is 23.1 Å². The maximum absolute atomic E-state index is 12.7. The number of carbonyl (C=O) groups excluding carboxylic acids is 2. The van der Waals surface area contributed by atoms with E-state index in [1.807, 2.05) is 0 Å². The Morgan fingerprint density at radius 1 is 1.28 bits per heavy atom. The molecule has 0 amide bonds. The lowest BCUT2D eigenvalue weighted by Gasteiger charge is -2.15. The molecule has 9 heteroatoms. The van der Waals surface area contributed by atoms with Gasteiger partial charge in [-0.1, -0.05) is 0 Å². The van der Waals surface area contributed by atoms with Gasteiger partial charge in [0, 0.05) is 12.3 Å². The van der Waals surface area contributed by atoms with E-state index >= 15 is 0 Å². The zero-order valence-electron chi connectivity index (χ0n) is 13.7. The molecule has 0 bridgehead atoms. The Kier molecular flexibility index (Phi) is 4.46. The van der Waals surface area contributed by atoms with Crippen molar-refractivity contribution in [3.8, 4) is 11.5 Å². The van der Waals surface area contributed by atoms with E-state index in [0.29, 0.717) is 17.0 Å². The van der Waals surface area contributed by atoms with Crippen molar-refractivity contribution >= 4 is 22.8 Å². The first-order chi connectivity index (χ1) is 12.0. The third kappa shape index (κ3) is 3.08. The van der Waals surface area contributed by atoms with Gasteiger partial charge in [0.2, 0.25) is 12.2 Å². The highest BCUT2D eigenvalue weighted by atomic mass is 16.7. The van der Waals surface area contributed by atoms with Gasteiger partial charge >= 0.3 is 11.9 Å². The minimum absolute atomic E-state index is 0.0418. The molecule has 0 unspecified atom stereocenters. The van der Waals surface area contributed by atoms with Crippen molar-refractivity contribution in [2.75, 3.05) is 32.5 Å². The van der Waals surface area contributed by atoms with Crippen LogP contribution in [0.4, 0.5) is 0 Å². The summed E-state index contributed by atoms with van der Waals surface area (Å²) < 4.78 is 21.5. The van der Waals surface area contributed by atoms with Crippen LogP contribution in [-0.2, 0) is 14.3 Å². The highest BCUT2D eigenvalue weighted by Crippen LogP contribution is 2.35. The number of hydrogen-bond donors (Lipinski definition) is 1. The lowest BCUT2D eigenvalue weighted by Crippen LogP contribution is -2.28. The van der Waals surface area contributed by atoms with E-state index in [1.54, 1.807) is 13.0 Å². The summed E-state index contributed by atoms with van der Waals surface area (Å²) in [6.07, 6.45) is 1.29. The Morgan fingerprint density at radius 3 is 2.68 bits per heavy atom. The van der Waals surface area contributed by atoms with Gasteiger partial charge in [-0.25, -0.2) is 4.79 Å². The van der Waals surface area contributed by atoms with Gasteiger partial charge in [0.15, 0.2) is 11.5 Å². The van der Waals surface area contributed by atoms with Gasteiger partial charge in [0.05, 0.1) is 24.6 Å². The van der Waals surface area contributed by atoms with Gasteiger partial charge in [-0.05, 0) is 13.0 Å². The molecule has 132 valence electrons. The second-order valence-electron chi connectivity index (χ2n) is 5.10. The van der Waals surface area contributed by atoms with Crippen LogP contribution in [0.1, 0.15) is 17.3 Å². The van der Waals surface area contributed by atoms with Gasteiger partial charge in [-0.3, -0.25) is 14.3 Å². The molecule has 2 aromatic rings. The van der Waals surface area contributed by atoms with E-state index in [4.69, 9.17) is 14.2 Å². The summed E-state index contributed by atoms with van der Waals surface area (Å²) in [4.78, 5) is 36.1. The molecule has 2 heterocycles. The first kappa shape index (κ1) is 16.6. The van der Waals surface area contributed by atoms with Gasteiger partial charge in [0.1, 0.15) is 12.1 Å². The topological polar surface area (TPSA) is 105 Å². The van der Waals surface area contributed by atoms with Crippen molar-refractivity contribution in [1.82, 2.24) is 4.68 Å². The molecule has 0 saturated carbocycles. The Hall–Kier alpha value is -3.23. The third-order valence-corrected chi connectivity index (χ3v) is 3.61. The standard InChI is InChI=1S/C16H16N2O7/c1-3-23-16(21)10-7-18(17-6-14(19)22-2)11-5-13-12(24-8-25-13)4-9(11)15(10)20/h4-5,7,17H,3,6,8H2,1-2H3. The number of aromatic nitrogens is 1. The van der Waals surface area contributed by atoms with E-state index in [-0.39, 0.29) is 30.9 Å². The molecular weight excluding hydrogens is 332 g/mol. The number of esters is 2. The summed E-state index contributed by atoms with van der Waals surface area (Å²) in [6, 6.07) is 3.09. The van der Waals surface area contributed by atoms with Gasteiger partial charge in [-0.2, -0.15) is 0 Å². The van der Waals surface area contributed by atoms with Crippen LogP contribution in [-0.4, -0.2) is 43.7 Å². The molecule has 0 fully saturated rings. The quantitative estimate of drug-likeness (QED) is 0.784. The van der Waals surface area contributed by atoms with E-state index in [2.05, 4.69) is 10.2 Å². The third-order valence-electron chi connectivity index (χ3n) is 3.61. The Balaban J connectivity index is 2.16. The predicted molar refractivity (Wildman–Crippen MR) is 86.5 cm³/mol. The second kappa shape index (κ2) is 6.71. The van der Waals surface area contributed by atoms with E-state index in [1.165, 1.54) is 24.0 Å². The van der Waals surface area contributed by atoms with Gasteiger partial charge in [-0.15, -0.1) is 0 Å². The summed E-state index contributed by atoms with van der Waals surface area (Å²) in [5, 5.41) is 0.229. The highest BCUT2D eigenvalue weighted by molar-refractivity contribution is 5.95. The monoisotopic (exact) mass is 348 g/mol. The first-order valence-corrected chi connectivity index (χ1v) is 7.52. The van der Waals surface area contributed by atoms with E-state index < -0.39 is 17.4 Å². The Morgan fingerprint density at radius 2 is 2.00 bits per heavy atom. The molecule has 9 nitrogen and oxygen atoms in total. The van der Waals surface area contributed by atoms with Crippen molar-refractivity contribution in [1.29, 1.82) is 0 Å². The van der Waals surface area contributed by atoms with Crippen LogP contribution < -0.4 is 20.3 Å². The molecule has 0 atom stereocenters. The fraction of sp³-hybridized carbons (Fsp3) is 0.312. The summed E-state index contributed by atoms with van der Waals surface area (Å²) >= 11 is 0. The number of rotatable bonds is 5. The Bertz CT molecular complexity index is 903. The number of carbonyl (C=O) groups is 2. The molecule has 1 aromatic carbocycles. The highest BCUT2D eigenvalue weighted by Gasteiger charge is 2.21. The van der Waals surface area contributed by atoms with Crippen molar-refractivity contribution in [2.45, 2.75) is 6.92 Å².